The molecule has 1 aliphatic rings. The van der Waals surface area contributed by atoms with Gasteiger partial charge in [0.25, 0.3) is 5.91 Å². The smallest absolute Gasteiger partial charge is 0.251 e. The van der Waals surface area contributed by atoms with Crippen LogP contribution in [-0.2, 0) is 18.3 Å². The van der Waals surface area contributed by atoms with Gasteiger partial charge in [0, 0.05) is 31.5 Å². The van der Waals surface area contributed by atoms with E-state index in [0.29, 0.717) is 18.7 Å². The molecule has 0 radical (unpaired) electrons. The van der Waals surface area contributed by atoms with Gasteiger partial charge in [-0.2, -0.15) is 0 Å². The van der Waals surface area contributed by atoms with E-state index in [0.717, 1.165) is 5.82 Å². The van der Waals surface area contributed by atoms with Crippen molar-refractivity contribution in [3.05, 3.63) is 54.1 Å². The predicted octanol–water partition coefficient (Wildman–Crippen LogP) is 0.0680. The Morgan fingerprint density at radius 3 is 2.92 bits per heavy atom. The number of aliphatic hydroxyl groups excluding tert-OH is 1. The maximum Gasteiger partial charge on any atom is 0.251 e. The van der Waals surface area contributed by atoms with Gasteiger partial charge < -0.3 is 25.0 Å². The molecule has 1 aromatic carbocycles. The number of carbonyl (C=O) groups is 1. The SMILES string of the molecule is Cn1ccnc1CN[C@@H]1CO[C@H](CNC(=O)c2ccccc2)[C@H]1O. The van der Waals surface area contributed by atoms with Crippen LogP contribution in [0.3, 0.4) is 0 Å². The van der Waals surface area contributed by atoms with Crippen molar-refractivity contribution in [2.45, 2.75) is 24.8 Å². The highest BCUT2D eigenvalue weighted by Crippen LogP contribution is 2.14. The van der Waals surface area contributed by atoms with Crippen LogP contribution in [-0.4, -0.2) is 52.0 Å². The Morgan fingerprint density at radius 1 is 1.42 bits per heavy atom. The Morgan fingerprint density at radius 2 is 2.21 bits per heavy atom. The number of rotatable bonds is 6. The third kappa shape index (κ3) is 3.81. The van der Waals surface area contributed by atoms with E-state index in [2.05, 4.69) is 15.6 Å². The van der Waals surface area contributed by atoms with Crippen LogP contribution in [0.25, 0.3) is 0 Å². The normalized spacial score (nSPS) is 23.3. The molecule has 1 saturated heterocycles. The van der Waals surface area contributed by atoms with Crippen molar-refractivity contribution >= 4 is 5.91 Å². The zero-order chi connectivity index (χ0) is 16.9. The van der Waals surface area contributed by atoms with E-state index in [1.54, 1.807) is 18.3 Å². The number of aliphatic hydroxyl groups is 1. The lowest BCUT2D eigenvalue weighted by atomic mass is 10.1. The molecule has 24 heavy (non-hydrogen) atoms. The summed E-state index contributed by atoms with van der Waals surface area (Å²) in [7, 11) is 1.92. The van der Waals surface area contributed by atoms with Gasteiger partial charge in [-0.05, 0) is 12.1 Å². The summed E-state index contributed by atoms with van der Waals surface area (Å²) in [6, 6.07) is 8.80. The van der Waals surface area contributed by atoms with E-state index < -0.39 is 12.2 Å². The second-order valence-corrected chi connectivity index (χ2v) is 5.88. The molecule has 2 aromatic rings. The summed E-state index contributed by atoms with van der Waals surface area (Å²) in [5.74, 6) is 0.721. The number of nitrogens with one attached hydrogen (secondary N) is 2. The highest BCUT2D eigenvalue weighted by molar-refractivity contribution is 5.94. The Bertz CT molecular complexity index is 673. The average Bonchev–Trinajstić information content (AvgIpc) is 3.17. The first-order valence-electron chi connectivity index (χ1n) is 7.97. The third-order valence-electron chi connectivity index (χ3n) is 4.23. The minimum atomic E-state index is -0.679. The summed E-state index contributed by atoms with van der Waals surface area (Å²) < 4.78 is 7.53. The van der Waals surface area contributed by atoms with Crippen LogP contribution in [0.15, 0.2) is 42.7 Å². The van der Waals surface area contributed by atoms with Crippen molar-refractivity contribution in [2.75, 3.05) is 13.2 Å². The number of nitrogens with zero attached hydrogens (tertiary/aromatic N) is 2. The van der Waals surface area contributed by atoms with Crippen LogP contribution >= 0.6 is 0 Å². The van der Waals surface area contributed by atoms with Crippen molar-refractivity contribution in [1.82, 2.24) is 20.2 Å². The van der Waals surface area contributed by atoms with E-state index in [9.17, 15) is 9.90 Å². The second-order valence-electron chi connectivity index (χ2n) is 5.88. The number of benzene rings is 1. The Balaban J connectivity index is 1.46. The van der Waals surface area contributed by atoms with Crippen molar-refractivity contribution in [1.29, 1.82) is 0 Å². The number of ether oxygens (including phenoxy) is 1. The molecule has 7 heteroatoms. The minimum Gasteiger partial charge on any atom is -0.389 e. The molecule has 7 nitrogen and oxygen atoms in total. The van der Waals surface area contributed by atoms with Gasteiger partial charge in [-0.3, -0.25) is 4.79 Å². The largest absolute Gasteiger partial charge is 0.389 e. The first-order valence-corrected chi connectivity index (χ1v) is 7.97. The first kappa shape index (κ1) is 16.6. The molecule has 1 amide bonds. The van der Waals surface area contributed by atoms with E-state index in [4.69, 9.17) is 4.74 Å². The molecule has 0 bridgehead atoms. The summed E-state index contributed by atoms with van der Waals surface area (Å²) >= 11 is 0. The average molecular weight is 330 g/mol. The first-order chi connectivity index (χ1) is 11.6. The molecule has 3 N–H and O–H groups in total. The molecule has 128 valence electrons. The third-order valence-corrected chi connectivity index (χ3v) is 4.23. The molecular formula is C17H22N4O3. The van der Waals surface area contributed by atoms with Gasteiger partial charge in [-0.15, -0.1) is 0 Å². The highest BCUT2D eigenvalue weighted by atomic mass is 16.5. The van der Waals surface area contributed by atoms with Crippen LogP contribution in [0.1, 0.15) is 16.2 Å². The molecule has 1 aromatic heterocycles. The van der Waals surface area contributed by atoms with Gasteiger partial charge in [-0.25, -0.2) is 4.98 Å². The van der Waals surface area contributed by atoms with Gasteiger partial charge in [0.15, 0.2) is 0 Å². The molecule has 3 rings (SSSR count). The Hall–Kier alpha value is -2.22. The van der Waals surface area contributed by atoms with Gasteiger partial charge in [0.1, 0.15) is 11.9 Å². The molecule has 0 aliphatic carbocycles. The van der Waals surface area contributed by atoms with Crippen molar-refractivity contribution in [3.63, 3.8) is 0 Å². The maximum absolute atomic E-state index is 12.0. The molecule has 2 heterocycles. The number of hydrogen-bond acceptors (Lipinski definition) is 5. The molecule has 0 saturated carbocycles. The summed E-state index contributed by atoms with van der Waals surface area (Å²) in [5, 5.41) is 16.4. The summed E-state index contributed by atoms with van der Waals surface area (Å²) in [4.78, 5) is 16.3. The Labute approximate surface area is 140 Å². The predicted molar refractivity (Wildman–Crippen MR) is 88.4 cm³/mol. The molecule has 0 spiro atoms. The minimum absolute atomic E-state index is 0.171. The molecular weight excluding hydrogens is 308 g/mol. The van der Waals surface area contributed by atoms with Gasteiger partial charge in [0.2, 0.25) is 0 Å². The van der Waals surface area contributed by atoms with Gasteiger partial charge in [-0.1, -0.05) is 18.2 Å². The van der Waals surface area contributed by atoms with Crippen LogP contribution < -0.4 is 10.6 Å². The fourth-order valence-corrected chi connectivity index (χ4v) is 2.72. The van der Waals surface area contributed by atoms with Crippen LogP contribution in [0, 0.1) is 0 Å². The maximum atomic E-state index is 12.0. The lowest BCUT2D eigenvalue weighted by molar-refractivity contribution is 0.0398. The summed E-state index contributed by atoms with van der Waals surface area (Å²) in [6.45, 7) is 1.23. The van der Waals surface area contributed by atoms with Gasteiger partial charge >= 0.3 is 0 Å². The fraction of sp³-hybridized carbons (Fsp3) is 0.412. The van der Waals surface area contributed by atoms with E-state index in [-0.39, 0.29) is 18.5 Å². The summed E-state index contributed by atoms with van der Waals surface area (Å²) in [6.07, 6.45) is 2.51. The van der Waals surface area contributed by atoms with Crippen LogP contribution in [0.2, 0.25) is 0 Å². The van der Waals surface area contributed by atoms with Crippen molar-refractivity contribution in [2.24, 2.45) is 7.05 Å². The zero-order valence-electron chi connectivity index (χ0n) is 13.6. The highest BCUT2D eigenvalue weighted by Gasteiger charge is 2.35. The van der Waals surface area contributed by atoms with Crippen LogP contribution in [0.4, 0.5) is 0 Å². The number of amides is 1. The van der Waals surface area contributed by atoms with Crippen molar-refractivity contribution in [3.8, 4) is 0 Å². The lowest BCUT2D eigenvalue weighted by Gasteiger charge is -2.18. The monoisotopic (exact) mass is 330 g/mol. The summed E-state index contributed by atoms with van der Waals surface area (Å²) in [5.41, 5.74) is 0.592. The van der Waals surface area contributed by atoms with E-state index >= 15 is 0 Å². The number of aromatic nitrogens is 2. The second kappa shape index (κ2) is 7.57. The van der Waals surface area contributed by atoms with Crippen LogP contribution in [0.5, 0.6) is 0 Å². The molecule has 1 aliphatic heterocycles. The zero-order valence-corrected chi connectivity index (χ0v) is 13.6. The number of imidazole rings is 1. The molecule has 0 unspecified atom stereocenters. The number of hydrogen-bond donors (Lipinski definition) is 3. The molecule has 3 atom stereocenters. The van der Waals surface area contributed by atoms with Gasteiger partial charge in [0.05, 0.1) is 25.3 Å². The number of carbonyl (C=O) groups excluding carboxylic acids is 1. The van der Waals surface area contributed by atoms with E-state index in [1.165, 1.54) is 0 Å². The number of aryl methyl sites for hydroxylation is 1. The lowest BCUT2D eigenvalue weighted by Crippen LogP contribution is -2.44. The van der Waals surface area contributed by atoms with Crippen molar-refractivity contribution < 1.29 is 14.6 Å². The Kier molecular flexibility index (Phi) is 5.24. The standard InChI is InChI=1S/C17H22N4O3/c1-21-8-7-18-15(21)10-19-13-11-24-14(16(13)22)9-20-17(23)12-5-3-2-4-6-12/h2-8,13-14,16,19,22H,9-11H2,1H3,(H,20,23)/t13-,14-,16+/m1/s1. The molecule has 1 fully saturated rings. The topological polar surface area (TPSA) is 88.4 Å². The quantitative estimate of drug-likeness (QED) is 0.697. The fourth-order valence-electron chi connectivity index (χ4n) is 2.72. The van der Waals surface area contributed by atoms with E-state index in [1.807, 2.05) is 36.0 Å².